The van der Waals surface area contributed by atoms with Gasteiger partial charge in [0.05, 0.1) is 6.10 Å². The lowest BCUT2D eigenvalue weighted by molar-refractivity contribution is 0.0168. The van der Waals surface area contributed by atoms with E-state index in [1.54, 1.807) is 0 Å². The first-order valence-corrected chi connectivity index (χ1v) is 7.88. The molecule has 110 valence electrons. The van der Waals surface area contributed by atoms with Crippen molar-refractivity contribution in [2.24, 2.45) is 0 Å². The number of hydrogen-bond donors (Lipinski definition) is 1. The van der Waals surface area contributed by atoms with E-state index >= 15 is 0 Å². The predicted molar refractivity (Wildman–Crippen MR) is 87.2 cm³/mol. The van der Waals surface area contributed by atoms with E-state index < -0.39 is 0 Å². The van der Waals surface area contributed by atoms with Gasteiger partial charge in [0.25, 0.3) is 0 Å². The van der Waals surface area contributed by atoms with Crippen LogP contribution in [-0.2, 0) is 11.3 Å². The molecule has 21 heavy (non-hydrogen) atoms. The number of benzene rings is 2. The van der Waals surface area contributed by atoms with Gasteiger partial charge in [-0.3, -0.25) is 0 Å². The Morgan fingerprint density at radius 3 is 2.38 bits per heavy atom. The van der Waals surface area contributed by atoms with Gasteiger partial charge in [0.1, 0.15) is 0 Å². The first kappa shape index (κ1) is 14.3. The Labute approximate surface area is 127 Å². The van der Waals surface area contributed by atoms with Crippen LogP contribution in [0.25, 0.3) is 11.1 Å². The molecule has 3 rings (SSSR count). The quantitative estimate of drug-likeness (QED) is 0.894. The van der Waals surface area contributed by atoms with Crippen LogP contribution in [0.5, 0.6) is 0 Å². The van der Waals surface area contributed by atoms with E-state index in [2.05, 4.69) is 59.9 Å². The van der Waals surface area contributed by atoms with Crippen LogP contribution in [0.1, 0.15) is 24.8 Å². The van der Waals surface area contributed by atoms with Gasteiger partial charge in [-0.25, -0.2) is 0 Å². The zero-order valence-corrected chi connectivity index (χ0v) is 12.4. The maximum Gasteiger partial charge on any atom is 0.0699 e. The van der Waals surface area contributed by atoms with Crippen molar-refractivity contribution in [1.82, 2.24) is 5.32 Å². The SMILES string of the molecule is c1ccc(-c2ccc(CNCC3CCCCO3)cc2)cc1. The molecule has 1 heterocycles. The molecule has 1 aliphatic rings. The van der Waals surface area contributed by atoms with Crippen LogP contribution >= 0.6 is 0 Å². The summed E-state index contributed by atoms with van der Waals surface area (Å²) in [7, 11) is 0. The maximum atomic E-state index is 5.73. The zero-order valence-electron chi connectivity index (χ0n) is 12.4. The first-order chi connectivity index (χ1) is 10.4. The Hall–Kier alpha value is -1.64. The Morgan fingerprint density at radius 1 is 0.905 bits per heavy atom. The second kappa shape index (κ2) is 7.39. The molecule has 0 aliphatic carbocycles. The highest BCUT2D eigenvalue weighted by Gasteiger charge is 2.12. The lowest BCUT2D eigenvalue weighted by Gasteiger charge is -2.22. The van der Waals surface area contributed by atoms with Gasteiger partial charge in [-0.1, -0.05) is 54.6 Å². The van der Waals surface area contributed by atoms with Gasteiger partial charge in [-0.15, -0.1) is 0 Å². The van der Waals surface area contributed by atoms with E-state index in [1.807, 2.05) is 0 Å². The van der Waals surface area contributed by atoms with Crippen molar-refractivity contribution < 1.29 is 4.74 Å². The molecular weight excluding hydrogens is 258 g/mol. The molecule has 1 aliphatic heterocycles. The summed E-state index contributed by atoms with van der Waals surface area (Å²) >= 11 is 0. The van der Waals surface area contributed by atoms with Crippen LogP contribution in [0.3, 0.4) is 0 Å². The molecule has 1 unspecified atom stereocenters. The standard InChI is InChI=1S/C19H23NO/c1-2-6-17(7-3-1)18-11-9-16(10-12-18)14-20-15-19-8-4-5-13-21-19/h1-3,6-7,9-12,19-20H,4-5,8,13-15H2. The fourth-order valence-electron chi connectivity index (χ4n) is 2.79. The molecule has 1 N–H and O–H groups in total. The average Bonchev–Trinajstić information content (AvgIpc) is 2.57. The fraction of sp³-hybridized carbons (Fsp3) is 0.368. The first-order valence-electron chi connectivity index (χ1n) is 7.88. The van der Waals surface area contributed by atoms with Crippen LogP contribution in [0.2, 0.25) is 0 Å². The Morgan fingerprint density at radius 2 is 1.67 bits per heavy atom. The highest BCUT2D eigenvalue weighted by atomic mass is 16.5. The van der Waals surface area contributed by atoms with E-state index in [-0.39, 0.29) is 0 Å². The predicted octanol–water partition coefficient (Wildman–Crippen LogP) is 4.01. The van der Waals surface area contributed by atoms with Crippen LogP contribution in [0.15, 0.2) is 54.6 Å². The van der Waals surface area contributed by atoms with Crippen LogP contribution in [-0.4, -0.2) is 19.3 Å². The fourth-order valence-corrected chi connectivity index (χ4v) is 2.79. The normalized spacial score (nSPS) is 18.6. The zero-order chi connectivity index (χ0) is 14.3. The molecule has 2 aromatic carbocycles. The van der Waals surface area contributed by atoms with Crippen molar-refractivity contribution >= 4 is 0 Å². The summed E-state index contributed by atoms with van der Waals surface area (Å²) < 4.78 is 5.73. The van der Waals surface area contributed by atoms with Crippen LogP contribution in [0.4, 0.5) is 0 Å². The minimum absolute atomic E-state index is 0.405. The molecule has 2 aromatic rings. The molecule has 2 heteroatoms. The highest BCUT2D eigenvalue weighted by Crippen LogP contribution is 2.19. The third kappa shape index (κ3) is 4.16. The van der Waals surface area contributed by atoms with Gasteiger partial charge < -0.3 is 10.1 Å². The highest BCUT2D eigenvalue weighted by molar-refractivity contribution is 5.63. The maximum absolute atomic E-state index is 5.73. The van der Waals surface area contributed by atoms with Gasteiger partial charge in [0.15, 0.2) is 0 Å². The minimum atomic E-state index is 0.405. The van der Waals surface area contributed by atoms with Gasteiger partial charge in [-0.05, 0) is 36.0 Å². The Balaban J connectivity index is 1.50. The second-order valence-electron chi connectivity index (χ2n) is 5.68. The molecule has 1 saturated heterocycles. The van der Waals surface area contributed by atoms with E-state index in [0.29, 0.717) is 6.10 Å². The number of ether oxygens (including phenoxy) is 1. The summed E-state index contributed by atoms with van der Waals surface area (Å²) in [5.74, 6) is 0. The van der Waals surface area contributed by atoms with Gasteiger partial charge >= 0.3 is 0 Å². The Kier molecular flexibility index (Phi) is 5.03. The molecule has 2 nitrogen and oxygen atoms in total. The average molecular weight is 281 g/mol. The Bertz CT molecular complexity index is 529. The third-order valence-corrected chi connectivity index (χ3v) is 4.04. The smallest absolute Gasteiger partial charge is 0.0699 e. The molecule has 0 bridgehead atoms. The lowest BCUT2D eigenvalue weighted by Crippen LogP contribution is -2.31. The van der Waals surface area contributed by atoms with Crippen LogP contribution < -0.4 is 5.32 Å². The number of rotatable bonds is 5. The molecule has 1 fully saturated rings. The molecule has 0 spiro atoms. The van der Waals surface area contributed by atoms with E-state index in [9.17, 15) is 0 Å². The third-order valence-electron chi connectivity index (χ3n) is 4.04. The number of hydrogen-bond acceptors (Lipinski definition) is 2. The van der Waals surface area contributed by atoms with Crippen molar-refractivity contribution in [3.05, 3.63) is 60.2 Å². The lowest BCUT2D eigenvalue weighted by atomic mass is 10.0. The summed E-state index contributed by atoms with van der Waals surface area (Å²) in [6, 6.07) is 19.3. The largest absolute Gasteiger partial charge is 0.377 e. The summed E-state index contributed by atoms with van der Waals surface area (Å²) in [5, 5.41) is 3.51. The van der Waals surface area contributed by atoms with E-state index in [0.717, 1.165) is 19.7 Å². The summed E-state index contributed by atoms with van der Waals surface area (Å²) in [5.41, 5.74) is 3.87. The number of nitrogens with one attached hydrogen (secondary N) is 1. The summed E-state index contributed by atoms with van der Waals surface area (Å²) in [6.07, 6.45) is 4.12. The van der Waals surface area contributed by atoms with Crippen molar-refractivity contribution in [3.8, 4) is 11.1 Å². The van der Waals surface area contributed by atoms with Gasteiger partial charge in [0, 0.05) is 19.7 Å². The molecule has 0 amide bonds. The van der Waals surface area contributed by atoms with Gasteiger partial charge in [0.2, 0.25) is 0 Å². The summed E-state index contributed by atoms with van der Waals surface area (Å²) in [6.45, 7) is 2.80. The minimum Gasteiger partial charge on any atom is -0.377 e. The topological polar surface area (TPSA) is 21.3 Å². The van der Waals surface area contributed by atoms with Crippen molar-refractivity contribution in [2.75, 3.05) is 13.2 Å². The second-order valence-corrected chi connectivity index (χ2v) is 5.68. The molecule has 1 atom stereocenters. The van der Waals surface area contributed by atoms with Crippen LogP contribution in [0, 0.1) is 0 Å². The summed E-state index contributed by atoms with van der Waals surface area (Å²) in [4.78, 5) is 0. The van der Waals surface area contributed by atoms with Crippen molar-refractivity contribution in [3.63, 3.8) is 0 Å². The molecule has 0 aromatic heterocycles. The van der Waals surface area contributed by atoms with Gasteiger partial charge in [-0.2, -0.15) is 0 Å². The molecule has 0 saturated carbocycles. The monoisotopic (exact) mass is 281 g/mol. The van der Waals surface area contributed by atoms with E-state index in [1.165, 1.54) is 36.0 Å². The molecule has 0 radical (unpaired) electrons. The van der Waals surface area contributed by atoms with E-state index in [4.69, 9.17) is 4.74 Å². The molecular formula is C19H23NO. The van der Waals surface area contributed by atoms with Crippen molar-refractivity contribution in [2.45, 2.75) is 31.9 Å². The van der Waals surface area contributed by atoms with Crippen molar-refractivity contribution in [1.29, 1.82) is 0 Å².